The van der Waals surface area contributed by atoms with Crippen molar-refractivity contribution in [2.75, 3.05) is 13.6 Å². The molecule has 0 aliphatic rings. The Hall–Kier alpha value is -1.81. The molecule has 2 aromatic rings. The maximum Gasteiger partial charge on any atom is 0.221 e. The molecule has 0 saturated heterocycles. The Morgan fingerprint density at radius 1 is 1.32 bits per heavy atom. The van der Waals surface area contributed by atoms with Crippen LogP contribution in [0.1, 0.15) is 18.9 Å². The van der Waals surface area contributed by atoms with E-state index in [1.807, 2.05) is 20.0 Å². The summed E-state index contributed by atoms with van der Waals surface area (Å²) in [5, 5.41) is 7.27. The van der Waals surface area contributed by atoms with Gasteiger partial charge in [0, 0.05) is 43.2 Å². The number of benzene rings is 1. The molecule has 0 spiro atoms. The van der Waals surface area contributed by atoms with Crippen LogP contribution in [0.5, 0.6) is 0 Å². The minimum absolute atomic E-state index is 0.107. The third-order valence-corrected chi connectivity index (χ3v) is 3.19. The van der Waals surface area contributed by atoms with Gasteiger partial charge >= 0.3 is 0 Å². The number of rotatable bonds is 6. The van der Waals surface area contributed by atoms with Gasteiger partial charge in [-0.15, -0.1) is 0 Å². The average molecular weight is 259 g/mol. The van der Waals surface area contributed by atoms with Gasteiger partial charge in [0.1, 0.15) is 0 Å². The van der Waals surface area contributed by atoms with Crippen molar-refractivity contribution in [3.8, 4) is 0 Å². The second-order valence-electron chi connectivity index (χ2n) is 4.60. The second-order valence-corrected chi connectivity index (χ2v) is 4.60. The SMILES string of the molecule is CCNC(=O)CCn1cc(CNC)c2ccccc21. The summed E-state index contributed by atoms with van der Waals surface area (Å²) >= 11 is 0. The lowest BCUT2D eigenvalue weighted by molar-refractivity contribution is -0.121. The lowest BCUT2D eigenvalue weighted by atomic mass is 10.2. The molecule has 102 valence electrons. The minimum Gasteiger partial charge on any atom is -0.356 e. The monoisotopic (exact) mass is 259 g/mol. The summed E-state index contributed by atoms with van der Waals surface area (Å²) in [4.78, 5) is 11.5. The van der Waals surface area contributed by atoms with Gasteiger partial charge < -0.3 is 15.2 Å². The fourth-order valence-corrected chi connectivity index (χ4v) is 2.35. The smallest absolute Gasteiger partial charge is 0.221 e. The third kappa shape index (κ3) is 3.15. The van der Waals surface area contributed by atoms with E-state index in [1.165, 1.54) is 16.5 Å². The Bertz CT molecular complexity index is 560. The Labute approximate surface area is 113 Å². The van der Waals surface area contributed by atoms with E-state index in [1.54, 1.807) is 0 Å². The first kappa shape index (κ1) is 13.6. The van der Waals surface area contributed by atoms with Crippen molar-refractivity contribution in [1.29, 1.82) is 0 Å². The van der Waals surface area contributed by atoms with Crippen LogP contribution in [-0.4, -0.2) is 24.1 Å². The Balaban J connectivity index is 2.20. The molecule has 0 unspecified atom stereocenters. The predicted molar refractivity (Wildman–Crippen MR) is 78.0 cm³/mol. The summed E-state index contributed by atoms with van der Waals surface area (Å²) in [7, 11) is 1.95. The maximum atomic E-state index is 11.5. The standard InChI is InChI=1S/C15H21N3O/c1-3-17-15(19)8-9-18-11-12(10-16-2)13-6-4-5-7-14(13)18/h4-7,11,16H,3,8-10H2,1-2H3,(H,17,19). The van der Waals surface area contributed by atoms with Crippen molar-refractivity contribution >= 4 is 16.8 Å². The number of amides is 1. The first-order valence-electron chi connectivity index (χ1n) is 6.74. The van der Waals surface area contributed by atoms with E-state index in [4.69, 9.17) is 0 Å². The minimum atomic E-state index is 0.107. The highest BCUT2D eigenvalue weighted by atomic mass is 16.1. The van der Waals surface area contributed by atoms with Gasteiger partial charge in [0.2, 0.25) is 5.91 Å². The van der Waals surface area contributed by atoms with Crippen molar-refractivity contribution in [3.05, 3.63) is 36.0 Å². The zero-order valence-electron chi connectivity index (χ0n) is 11.6. The van der Waals surface area contributed by atoms with Gasteiger partial charge in [0.25, 0.3) is 0 Å². The highest BCUT2D eigenvalue weighted by Gasteiger charge is 2.08. The Morgan fingerprint density at radius 3 is 2.84 bits per heavy atom. The molecule has 1 aromatic carbocycles. The van der Waals surface area contributed by atoms with Crippen molar-refractivity contribution in [2.45, 2.75) is 26.4 Å². The molecular weight excluding hydrogens is 238 g/mol. The van der Waals surface area contributed by atoms with Crippen LogP contribution >= 0.6 is 0 Å². The number of carbonyl (C=O) groups excluding carboxylic acids is 1. The van der Waals surface area contributed by atoms with Crippen LogP contribution in [0.25, 0.3) is 10.9 Å². The quantitative estimate of drug-likeness (QED) is 0.832. The summed E-state index contributed by atoms with van der Waals surface area (Å²) in [6, 6.07) is 8.32. The molecule has 0 aliphatic carbocycles. The number of hydrogen-bond acceptors (Lipinski definition) is 2. The first-order valence-corrected chi connectivity index (χ1v) is 6.74. The van der Waals surface area contributed by atoms with Gasteiger partial charge in [0.15, 0.2) is 0 Å². The molecule has 0 fully saturated rings. The summed E-state index contributed by atoms with van der Waals surface area (Å²) in [6.07, 6.45) is 2.66. The van der Waals surface area contributed by atoms with Crippen LogP contribution in [0.3, 0.4) is 0 Å². The van der Waals surface area contributed by atoms with Crippen molar-refractivity contribution in [3.63, 3.8) is 0 Å². The van der Waals surface area contributed by atoms with E-state index in [-0.39, 0.29) is 5.91 Å². The molecule has 0 radical (unpaired) electrons. The topological polar surface area (TPSA) is 46.1 Å². The number of carbonyl (C=O) groups is 1. The number of nitrogens with one attached hydrogen (secondary N) is 2. The lowest BCUT2D eigenvalue weighted by Gasteiger charge is -2.05. The van der Waals surface area contributed by atoms with Crippen LogP contribution in [0.15, 0.2) is 30.5 Å². The molecular formula is C15H21N3O. The molecule has 1 heterocycles. The summed E-state index contributed by atoms with van der Waals surface area (Å²) in [6.45, 7) is 4.19. The van der Waals surface area contributed by atoms with Gasteiger partial charge in [0.05, 0.1) is 0 Å². The van der Waals surface area contributed by atoms with Crippen LogP contribution in [0.2, 0.25) is 0 Å². The van der Waals surface area contributed by atoms with E-state index in [2.05, 4.69) is 39.6 Å². The Kier molecular flexibility index (Phi) is 4.58. The normalized spacial score (nSPS) is 10.8. The highest BCUT2D eigenvalue weighted by molar-refractivity contribution is 5.84. The van der Waals surface area contributed by atoms with Crippen molar-refractivity contribution in [1.82, 2.24) is 15.2 Å². The van der Waals surface area contributed by atoms with E-state index >= 15 is 0 Å². The zero-order chi connectivity index (χ0) is 13.7. The van der Waals surface area contributed by atoms with Gasteiger partial charge in [-0.1, -0.05) is 18.2 Å². The largest absolute Gasteiger partial charge is 0.356 e. The molecule has 1 amide bonds. The first-order chi connectivity index (χ1) is 9.26. The molecule has 0 saturated carbocycles. The Morgan fingerprint density at radius 2 is 2.11 bits per heavy atom. The summed E-state index contributed by atoms with van der Waals surface area (Å²) in [5.74, 6) is 0.107. The van der Waals surface area contributed by atoms with Crippen LogP contribution in [0, 0.1) is 0 Å². The number of fused-ring (bicyclic) bond motifs is 1. The van der Waals surface area contributed by atoms with E-state index in [0.29, 0.717) is 13.0 Å². The van der Waals surface area contributed by atoms with Gasteiger partial charge in [-0.25, -0.2) is 0 Å². The van der Waals surface area contributed by atoms with Crippen molar-refractivity contribution < 1.29 is 4.79 Å². The maximum absolute atomic E-state index is 11.5. The summed E-state index contributed by atoms with van der Waals surface area (Å²) in [5.41, 5.74) is 2.46. The van der Waals surface area contributed by atoms with Gasteiger partial charge in [-0.05, 0) is 25.6 Å². The lowest BCUT2D eigenvalue weighted by Crippen LogP contribution is -2.23. The average Bonchev–Trinajstić information content (AvgIpc) is 2.76. The fourth-order valence-electron chi connectivity index (χ4n) is 2.35. The molecule has 0 aliphatic heterocycles. The number of aryl methyl sites for hydroxylation is 1. The molecule has 19 heavy (non-hydrogen) atoms. The van der Waals surface area contributed by atoms with E-state index < -0.39 is 0 Å². The third-order valence-electron chi connectivity index (χ3n) is 3.19. The fraction of sp³-hybridized carbons (Fsp3) is 0.400. The molecule has 4 nitrogen and oxygen atoms in total. The van der Waals surface area contributed by atoms with E-state index in [9.17, 15) is 4.79 Å². The number of hydrogen-bond donors (Lipinski definition) is 2. The molecule has 2 N–H and O–H groups in total. The van der Waals surface area contributed by atoms with Crippen LogP contribution in [-0.2, 0) is 17.9 Å². The molecule has 1 aromatic heterocycles. The van der Waals surface area contributed by atoms with Crippen LogP contribution < -0.4 is 10.6 Å². The highest BCUT2D eigenvalue weighted by Crippen LogP contribution is 2.21. The van der Waals surface area contributed by atoms with Gasteiger partial charge in [-0.3, -0.25) is 4.79 Å². The van der Waals surface area contributed by atoms with Crippen LogP contribution in [0.4, 0.5) is 0 Å². The second kappa shape index (κ2) is 6.38. The molecule has 0 atom stereocenters. The zero-order valence-corrected chi connectivity index (χ0v) is 11.6. The molecule has 0 bridgehead atoms. The molecule has 4 heteroatoms. The number of nitrogens with zero attached hydrogens (tertiary/aromatic N) is 1. The van der Waals surface area contributed by atoms with Gasteiger partial charge in [-0.2, -0.15) is 0 Å². The van der Waals surface area contributed by atoms with Crippen molar-refractivity contribution in [2.24, 2.45) is 0 Å². The number of para-hydroxylation sites is 1. The number of aromatic nitrogens is 1. The summed E-state index contributed by atoms with van der Waals surface area (Å²) < 4.78 is 2.16. The molecule has 2 rings (SSSR count). The van der Waals surface area contributed by atoms with E-state index in [0.717, 1.165) is 13.1 Å². The predicted octanol–water partition coefficient (Wildman–Crippen LogP) is 1.89.